The maximum absolute atomic E-state index is 12.6. The van der Waals surface area contributed by atoms with Gasteiger partial charge < -0.3 is 14.8 Å². The van der Waals surface area contributed by atoms with E-state index in [1.807, 2.05) is 30.3 Å². The lowest BCUT2D eigenvalue weighted by molar-refractivity contribution is -0.274. The van der Waals surface area contributed by atoms with Crippen LogP contribution < -0.4 is 14.8 Å². The molecule has 1 aliphatic rings. The van der Waals surface area contributed by atoms with Gasteiger partial charge in [0.15, 0.2) is 5.13 Å². The Balaban J connectivity index is 1.28. The van der Waals surface area contributed by atoms with Crippen LogP contribution in [0.25, 0.3) is 0 Å². The Hall–Kier alpha value is -3.63. The van der Waals surface area contributed by atoms with Crippen molar-refractivity contribution in [1.82, 2.24) is 14.9 Å². The smallest absolute Gasteiger partial charge is 0.437 e. The number of nitrogens with one attached hydrogen (secondary N) is 1. The first-order chi connectivity index (χ1) is 18.5. The third-order valence-corrected chi connectivity index (χ3v) is 7.26. The Kier molecular flexibility index (Phi) is 7.51. The molecule has 0 atom stereocenters. The van der Waals surface area contributed by atoms with Crippen molar-refractivity contribution < 1.29 is 22.6 Å². The lowest BCUT2D eigenvalue weighted by atomic mass is 9.86. The third kappa shape index (κ3) is 6.88. The predicted molar refractivity (Wildman–Crippen MR) is 146 cm³/mol. The molecule has 0 amide bonds. The molecule has 0 saturated carbocycles. The lowest BCUT2D eigenvalue weighted by Crippen LogP contribution is -2.29. The monoisotopic (exact) mass is 554 g/mol. The largest absolute Gasteiger partial charge is 0.573 e. The molecule has 204 valence electrons. The number of aromatic nitrogens is 2. The summed E-state index contributed by atoms with van der Waals surface area (Å²) in [4.78, 5) is 12.6. The molecule has 0 unspecified atom stereocenters. The summed E-state index contributed by atoms with van der Waals surface area (Å²) in [5.41, 5.74) is 3.49. The minimum absolute atomic E-state index is 0.0914. The van der Waals surface area contributed by atoms with Crippen LogP contribution in [0.4, 0.5) is 24.0 Å². The standard InChI is InChI=1S/C29H29F3N4O2S/c1-28(2,3)21-10-4-5-12-24(21)37-26-23(11-7-14-33-26)35-27-34-22-13-15-36(18-25(22)39-27)17-19-8-6-9-20(16-19)38-29(30,31)32/h4-12,14,16H,13,15,17-18H2,1-3H3,(H,34,35). The van der Waals surface area contributed by atoms with Crippen LogP contribution in [0.3, 0.4) is 0 Å². The van der Waals surface area contributed by atoms with E-state index in [1.165, 1.54) is 12.1 Å². The number of nitrogens with zero attached hydrogens (tertiary/aromatic N) is 3. The summed E-state index contributed by atoms with van der Waals surface area (Å²) in [5.74, 6) is 1.01. The van der Waals surface area contributed by atoms with Crippen molar-refractivity contribution in [3.63, 3.8) is 0 Å². The molecule has 1 aliphatic heterocycles. The van der Waals surface area contributed by atoms with Crippen LogP contribution in [0.5, 0.6) is 17.4 Å². The predicted octanol–water partition coefficient (Wildman–Crippen LogP) is 7.83. The number of fused-ring (bicyclic) bond motifs is 1. The van der Waals surface area contributed by atoms with Crippen molar-refractivity contribution in [2.24, 2.45) is 0 Å². The normalized spacial score (nSPS) is 14.1. The third-order valence-electron chi connectivity index (χ3n) is 6.26. The number of para-hydroxylation sites is 1. The Bertz CT molecular complexity index is 1450. The van der Waals surface area contributed by atoms with Gasteiger partial charge in [0.2, 0.25) is 5.88 Å². The maximum atomic E-state index is 12.6. The van der Waals surface area contributed by atoms with E-state index in [2.05, 4.69) is 46.8 Å². The zero-order valence-electron chi connectivity index (χ0n) is 21.9. The van der Waals surface area contributed by atoms with Crippen molar-refractivity contribution >= 4 is 22.2 Å². The van der Waals surface area contributed by atoms with Crippen LogP contribution in [0.1, 0.15) is 42.5 Å². The lowest BCUT2D eigenvalue weighted by Gasteiger charge is -2.26. The van der Waals surface area contributed by atoms with Crippen LogP contribution in [0.2, 0.25) is 0 Å². The number of pyridine rings is 1. The fraction of sp³-hybridized carbons (Fsp3) is 0.310. The van der Waals surface area contributed by atoms with Crippen LogP contribution in [0.15, 0.2) is 66.9 Å². The number of hydrogen-bond donors (Lipinski definition) is 1. The van der Waals surface area contributed by atoms with Crippen LogP contribution in [-0.2, 0) is 24.9 Å². The van der Waals surface area contributed by atoms with E-state index in [4.69, 9.17) is 9.72 Å². The van der Waals surface area contributed by atoms with Gasteiger partial charge in [-0.3, -0.25) is 4.90 Å². The molecule has 3 heterocycles. The number of thiazole rings is 1. The molecule has 6 nitrogen and oxygen atoms in total. The molecular weight excluding hydrogens is 525 g/mol. The average molecular weight is 555 g/mol. The SMILES string of the molecule is CC(C)(C)c1ccccc1Oc1ncccc1Nc1nc2c(s1)CN(Cc1cccc(OC(F)(F)F)c1)CC2. The first-order valence-electron chi connectivity index (χ1n) is 12.6. The highest BCUT2D eigenvalue weighted by molar-refractivity contribution is 7.15. The Morgan fingerprint density at radius 1 is 1.03 bits per heavy atom. The minimum Gasteiger partial charge on any atom is -0.437 e. The molecule has 4 aromatic rings. The van der Waals surface area contributed by atoms with E-state index >= 15 is 0 Å². The van der Waals surface area contributed by atoms with E-state index in [9.17, 15) is 13.2 Å². The van der Waals surface area contributed by atoms with Gasteiger partial charge in [-0.25, -0.2) is 9.97 Å². The molecule has 5 rings (SSSR count). The second-order valence-corrected chi connectivity index (χ2v) is 11.5. The quantitative estimate of drug-likeness (QED) is 0.251. The van der Waals surface area contributed by atoms with Crippen LogP contribution >= 0.6 is 11.3 Å². The summed E-state index contributed by atoms with van der Waals surface area (Å²) in [5, 5.41) is 4.12. The van der Waals surface area contributed by atoms with Gasteiger partial charge in [0.05, 0.1) is 5.69 Å². The second-order valence-electron chi connectivity index (χ2n) is 10.4. The van der Waals surface area contributed by atoms with Crippen LogP contribution in [0, 0.1) is 0 Å². The maximum Gasteiger partial charge on any atom is 0.573 e. The Morgan fingerprint density at radius 2 is 1.85 bits per heavy atom. The number of hydrogen-bond acceptors (Lipinski definition) is 7. The van der Waals surface area contributed by atoms with E-state index in [0.29, 0.717) is 24.7 Å². The van der Waals surface area contributed by atoms with Gasteiger partial charge in [-0.1, -0.05) is 51.1 Å². The van der Waals surface area contributed by atoms with Gasteiger partial charge in [-0.15, -0.1) is 24.5 Å². The topological polar surface area (TPSA) is 59.5 Å². The summed E-state index contributed by atoms with van der Waals surface area (Å²) in [7, 11) is 0. The number of halogens is 3. The number of rotatable bonds is 7. The zero-order valence-corrected chi connectivity index (χ0v) is 22.7. The summed E-state index contributed by atoms with van der Waals surface area (Å²) in [6.45, 7) is 8.36. The first kappa shape index (κ1) is 27.0. The van der Waals surface area contributed by atoms with Crippen molar-refractivity contribution in [3.8, 4) is 17.4 Å². The van der Waals surface area contributed by atoms with E-state index in [-0.39, 0.29) is 11.2 Å². The molecule has 2 aromatic carbocycles. The van der Waals surface area contributed by atoms with E-state index < -0.39 is 6.36 Å². The molecule has 0 fully saturated rings. The van der Waals surface area contributed by atoms with Gasteiger partial charge in [0.1, 0.15) is 17.2 Å². The fourth-order valence-corrected chi connectivity index (χ4v) is 5.56. The molecule has 2 aromatic heterocycles. The van der Waals surface area contributed by atoms with Crippen molar-refractivity contribution in [3.05, 3.63) is 88.6 Å². The number of benzene rings is 2. The van der Waals surface area contributed by atoms with Crippen molar-refractivity contribution in [2.75, 3.05) is 11.9 Å². The van der Waals surface area contributed by atoms with Crippen molar-refractivity contribution in [1.29, 1.82) is 0 Å². The minimum atomic E-state index is -4.71. The molecule has 1 N–H and O–H groups in total. The Labute approximate surface area is 229 Å². The van der Waals surface area contributed by atoms with Gasteiger partial charge >= 0.3 is 6.36 Å². The van der Waals surface area contributed by atoms with E-state index in [0.717, 1.165) is 45.5 Å². The van der Waals surface area contributed by atoms with Gasteiger partial charge in [-0.2, -0.15) is 0 Å². The molecule has 0 spiro atoms. The van der Waals surface area contributed by atoms with Gasteiger partial charge in [0.25, 0.3) is 0 Å². The highest BCUT2D eigenvalue weighted by Gasteiger charge is 2.31. The molecule has 39 heavy (non-hydrogen) atoms. The Morgan fingerprint density at radius 3 is 2.64 bits per heavy atom. The highest BCUT2D eigenvalue weighted by atomic mass is 32.1. The highest BCUT2D eigenvalue weighted by Crippen LogP contribution is 2.38. The number of ether oxygens (including phenoxy) is 2. The second kappa shape index (κ2) is 10.9. The molecule has 10 heteroatoms. The number of anilines is 2. The van der Waals surface area contributed by atoms with E-state index in [1.54, 1.807) is 29.7 Å². The summed E-state index contributed by atoms with van der Waals surface area (Å²) in [6.07, 6.45) is -2.26. The molecule has 0 saturated heterocycles. The molecule has 0 aliphatic carbocycles. The number of alkyl halides is 3. The average Bonchev–Trinajstić information content (AvgIpc) is 3.26. The summed E-state index contributed by atoms with van der Waals surface area (Å²) in [6, 6.07) is 17.8. The van der Waals surface area contributed by atoms with Gasteiger partial charge in [-0.05, 0) is 41.3 Å². The molecule has 0 bridgehead atoms. The van der Waals surface area contributed by atoms with Crippen molar-refractivity contribution in [2.45, 2.75) is 52.1 Å². The summed E-state index contributed by atoms with van der Waals surface area (Å²) < 4.78 is 48.1. The first-order valence-corrected chi connectivity index (χ1v) is 13.4. The summed E-state index contributed by atoms with van der Waals surface area (Å²) >= 11 is 1.56. The molecular formula is C29H29F3N4O2S. The fourth-order valence-electron chi connectivity index (χ4n) is 4.50. The van der Waals surface area contributed by atoms with Crippen LogP contribution in [-0.4, -0.2) is 27.8 Å². The molecule has 0 radical (unpaired) electrons. The van der Waals surface area contributed by atoms with Gasteiger partial charge in [0, 0.05) is 42.7 Å². The zero-order chi connectivity index (χ0) is 27.6.